The lowest BCUT2D eigenvalue weighted by molar-refractivity contribution is 0.452. The van der Waals surface area contributed by atoms with Gasteiger partial charge in [-0.2, -0.15) is 0 Å². The summed E-state index contributed by atoms with van der Waals surface area (Å²) in [4.78, 5) is 0. The molecule has 0 bridgehead atoms. The van der Waals surface area contributed by atoms with E-state index in [1.165, 1.54) is 12.8 Å². The van der Waals surface area contributed by atoms with Gasteiger partial charge in [0.25, 0.3) is 0 Å². The van der Waals surface area contributed by atoms with Gasteiger partial charge in [0.1, 0.15) is 5.75 Å². The van der Waals surface area contributed by atoms with Gasteiger partial charge in [-0.1, -0.05) is 15.9 Å². The van der Waals surface area contributed by atoms with Crippen LogP contribution in [0, 0.1) is 5.92 Å². The second-order valence-electron chi connectivity index (χ2n) is 3.65. The summed E-state index contributed by atoms with van der Waals surface area (Å²) in [5.74, 6) is 0.797. The van der Waals surface area contributed by atoms with Crippen LogP contribution in [0.4, 0.5) is 0 Å². The first kappa shape index (κ1) is 10.5. The van der Waals surface area contributed by atoms with Gasteiger partial charge in [-0.25, -0.2) is 0 Å². The lowest BCUT2D eigenvalue weighted by Gasteiger charge is -2.15. The van der Waals surface area contributed by atoms with Crippen molar-refractivity contribution in [2.24, 2.45) is 11.7 Å². The molecular formula is C10H11Br2NO. The van der Waals surface area contributed by atoms with E-state index in [4.69, 9.17) is 5.73 Å². The van der Waals surface area contributed by atoms with Gasteiger partial charge in [0, 0.05) is 16.1 Å². The van der Waals surface area contributed by atoms with Crippen molar-refractivity contribution in [1.82, 2.24) is 0 Å². The van der Waals surface area contributed by atoms with Crippen LogP contribution in [-0.4, -0.2) is 5.11 Å². The number of rotatable bonds is 2. The van der Waals surface area contributed by atoms with E-state index in [1.807, 2.05) is 12.1 Å². The molecule has 1 fully saturated rings. The fraction of sp³-hybridized carbons (Fsp3) is 0.400. The predicted molar refractivity (Wildman–Crippen MR) is 63.2 cm³/mol. The van der Waals surface area contributed by atoms with Crippen LogP contribution in [0.3, 0.4) is 0 Å². The molecule has 1 aliphatic rings. The molecular weight excluding hydrogens is 310 g/mol. The van der Waals surface area contributed by atoms with Gasteiger partial charge in [0.2, 0.25) is 0 Å². The van der Waals surface area contributed by atoms with E-state index in [-0.39, 0.29) is 11.8 Å². The Morgan fingerprint density at radius 1 is 1.29 bits per heavy atom. The Labute approximate surface area is 99.8 Å². The minimum absolute atomic E-state index is 0.0538. The molecule has 0 saturated heterocycles. The molecule has 76 valence electrons. The molecule has 4 heteroatoms. The largest absolute Gasteiger partial charge is 0.506 e. The zero-order chi connectivity index (χ0) is 10.3. The van der Waals surface area contributed by atoms with Crippen LogP contribution in [0.5, 0.6) is 5.75 Å². The van der Waals surface area contributed by atoms with Crippen LogP contribution in [0.1, 0.15) is 24.4 Å². The highest BCUT2D eigenvalue weighted by Crippen LogP contribution is 2.46. The zero-order valence-electron chi connectivity index (χ0n) is 7.50. The van der Waals surface area contributed by atoms with E-state index >= 15 is 0 Å². The molecule has 1 aromatic rings. The molecule has 0 radical (unpaired) electrons. The van der Waals surface area contributed by atoms with E-state index in [0.717, 1.165) is 10.0 Å². The number of phenolic OH excluding ortho intramolecular Hbond substituents is 1. The minimum atomic E-state index is -0.0538. The van der Waals surface area contributed by atoms with Gasteiger partial charge in [-0.3, -0.25) is 0 Å². The van der Waals surface area contributed by atoms with Crippen molar-refractivity contribution in [3.63, 3.8) is 0 Å². The summed E-state index contributed by atoms with van der Waals surface area (Å²) >= 11 is 6.71. The number of phenols is 1. The first-order valence-corrected chi connectivity index (χ1v) is 6.12. The number of nitrogens with two attached hydrogens (primary N) is 1. The SMILES string of the molecule is NC(c1c(Br)ccc(Br)c1O)C1CC1. The molecule has 0 heterocycles. The fourth-order valence-corrected chi connectivity index (χ4v) is 2.49. The average Bonchev–Trinajstić information content (AvgIpc) is 2.95. The normalized spacial score (nSPS) is 18.2. The Balaban J connectivity index is 2.43. The quantitative estimate of drug-likeness (QED) is 0.878. The zero-order valence-corrected chi connectivity index (χ0v) is 10.7. The third-order valence-electron chi connectivity index (χ3n) is 2.58. The lowest BCUT2D eigenvalue weighted by Crippen LogP contribution is -2.13. The van der Waals surface area contributed by atoms with Gasteiger partial charge >= 0.3 is 0 Å². The summed E-state index contributed by atoms with van der Waals surface area (Å²) in [6.45, 7) is 0. The van der Waals surface area contributed by atoms with Crippen molar-refractivity contribution in [3.05, 3.63) is 26.6 Å². The van der Waals surface area contributed by atoms with Crippen LogP contribution in [0.25, 0.3) is 0 Å². The molecule has 3 N–H and O–H groups in total. The van der Waals surface area contributed by atoms with Crippen LogP contribution in [0.2, 0.25) is 0 Å². The van der Waals surface area contributed by atoms with E-state index in [9.17, 15) is 5.11 Å². The number of hydrogen-bond donors (Lipinski definition) is 2. The van der Waals surface area contributed by atoms with Crippen molar-refractivity contribution in [3.8, 4) is 5.75 Å². The molecule has 14 heavy (non-hydrogen) atoms. The summed E-state index contributed by atoms with van der Waals surface area (Å²) in [6.07, 6.45) is 2.33. The highest BCUT2D eigenvalue weighted by Gasteiger charge is 2.32. The van der Waals surface area contributed by atoms with Gasteiger partial charge in [-0.05, 0) is 46.8 Å². The van der Waals surface area contributed by atoms with Gasteiger partial charge in [0.15, 0.2) is 0 Å². The summed E-state index contributed by atoms with van der Waals surface area (Å²) in [5, 5.41) is 9.87. The van der Waals surface area contributed by atoms with Crippen LogP contribution < -0.4 is 5.73 Å². The van der Waals surface area contributed by atoms with Crippen molar-refractivity contribution in [2.45, 2.75) is 18.9 Å². The average molecular weight is 321 g/mol. The fourth-order valence-electron chi connectivity index (χ4n) is 1.56. The Morgan fingerprint density at radius 3 is 2.43 bits per heavy atom. The molecule has 1 aliphatic carbocycles. The predicted octanol–water partition coefficient (Wildman–Crippen LogP) is 3.33. The highest BCUT2D eigenvalue weighted by molar-refractivity contribution is 9.11. The van der Waals surface area contributed by atoms with Gasteiger partial charge in [-0.15, -0.1) is 0 Å². The number of halogens is 2. The molecule has 1 unspecified atom stereocenters. The molecule has 1 saturated carbocycles. The second kappa shape index (κ2) is 3.83. The highest BCUT2D eigenvalue weighted by atomic mass is 79.9. The summed E-state index contributed by atoms with van der Waals surface area (Å²) < 4.78 is 1.59. The standard InChI is InChI=1S/C10H11Br2NO/c11-6-3-4-7(12)10(14)8(6)9(13)5-1-2-5/h3-5,9,14H,1-2,13H2. The van der Waals surface area contributed by atoms with Gasteiger partial charge in [0.05, 0.1) is 4.47 Å². The topological polar surface area (TPSA) is 46.2 Å². The first-order chi connectivity index (χ1) is 6.61. The maximum absolute atomic E-state index is 9.87. The number of aromatic hydroxyl groups is 1. The first-order valence-electron chi connectivity index (χ1n) is 4.53. The van der Waals surface area contributed by atoms with E-state index < -0.39 is 0 Å². The van der Waals surface area contributed by atoms with Crippen molar-refractivity contribution in [1.29, 1.82) is 0 Å². The van der Waals surface area contributed by atoms with Gasteiger partial charge < -0.3 is 10.8 Å². The lowest BCUT2D eigenvalue weighted by atomic mass is 10.0. The molecule has 0 aromatic heterocycles. The molecule has 1 atom stereocenters. The van der Waals surface area contributed by atoms with Crippen molar-refractivity contribution < 1.29 is 5.11 Å². The van der Waals surface area contributed by atoms with Crippen LogP contribution in [0.15, 0.2) is 21.1 Å². The van der Waals surface area contributed by atoms with E-state index in [2.05, 4.69) is 31.9 Å². The second-order valence-corrected chi connectivity index (χ2v) is 5.36. The summed E-state index contributed by atoms with van der Waals surface area (Å²) in [7, 11) is 0. The Bertz CT molecular complexity index is 363. The Kier molecular flexibility index (Phi) is 2.86. The molecule has 1 aromatic carbocycles. The van der Waals surface area contributed by atoms with Crippen LogP contribution >= 0.6 is 31.9 Å². The third kappa shape index (κ3) is 1.83. The van der Waals surface area contributed by atoms with E-state index in [1.54, 1.807) is 0 Å². The molecule has 0 amide bonds. The van der Waals surface area contributed by atoms with E-state index in [0.29, 0.717) is 10.4 Å². The number of hydrogen-bond acceptors (Lipinski definition) is 2. The molecule has 0 aliphatic heterocycles. The maximum Gasteiger partial charge on any atom is 0.135 e. The summed E-state index contributed by atoms with van der Waals surface area (Å²) in [6, 6.07) is 3.66. The molecule has 2 rings (SSSR count). The minimum Gasteiger partial charge on any atom is -0.506 e. The molecule has 0 spiro atoms. The van der Waals surface area contributed by atoms with Crippen LogP contribution in [-0.2, 0) is 0 Å². The van der Waals surface area contributed by atoms with Crippen molar-refractivity contribution >= 4 is 31.9 Å². The monoisotopic (exact) mass is 319 g/mol. The smallest absolute Gasteiger partial charge is 0.135 e. The number of benzene rings is 1. The Hall–Kier alpha value is -0.0600. The third-order valence-corrected chi connectivity index (χ3v) is 3.91. The maximum atomic E-state index is 9.87. The van der Waals surface area contributed by atoms with Crippen molar-refractivity contribution in [2.75, 3.05) is 0 Å². The Morgan fingerprint density at radius 2 is 1.86 bits per heavy atom. The summed E-state index contributed by atoms with van der Waals surface area (Å²) in [5.41, 5.74) is 6.88. The molecule has 2 nitrogen and oxygen atoms in total.